The Labute approximate surface area is 76.6 Å². The molecule has 1 aliphatic carbocycles. The van der Waals surface area contributed by atoms with Crippen molar-refractivity contribution in [2.24, 2.45) is 5.92 Å². The number of hydrogen-bond acceptors (Lipinski definition) is 2. The van der Waals surface area contributed by atoms with E-state index >= 15 is 0 Å². The van der Waals surface area contributed by atoms with Crippen molar-refractivity contribution < 1.29 is 13.9 Å². The third-order valence-corrected chi connectivity index (χ3v) is 2.81. The van der Waals surface area contributed by atoms with Crippen LogP contribution in [0.5, 0.6) is 0 Å². The largest absolute Gasteiger partial charge is 0.377 e. The lowest BCUT2D eigenvalue weighted by molar-refractivity contribution is -0.133. The van der Waals surface area contributed by atoms with Crippen LogP contribution in [0.15, 0.2) is 0 Å². The molecule has 0 aromatic rings. The van der Waals surface area contributed by atoms with Gasteiger partial charge in [0.2, 0.25) is 5.67 Å². The fourth-order valence-electron chi connectivity index (χ4n) is 1.54. The Morgan fingerprint density at radius 1 is 1.69 bits per heavy atom. The number of carbonyl (C=O) groups is 1. The Balaban J connectivity index is 1.88. The Morgan fingerprint density at radius 3 is 2.85 bits per heavy atom. The van der Waals surface area contributed by atoms with E-state index in [-0.39, 0.29) is 19.1 Å². The molecule has 3 atom stereocenters. The molecule has 1 N–H and O–H groups in total. The van der Waals surface area contributed by atoms with E-state index in [0.717, 1.165) is 6.42 Å². The molecule has 4 heteroatoms. The minimum absolute atomic E-state index is 0.0834. The normalized spacial score (nSPS) is 43.2. The number of amides is 1. The van der Waals surface area contributed by atoms with E-state index in [1.54, 1.807) is 0 Å². The molecule has 1 aliphatic heterocycles. The highest BCUT2D eigenvalue weighted by Crippen LogP contribution is 2.31. The van der Waals surface area contributed by atoms with Crippen molar-refractivity contribution in [2.45, 2.75) is 31.5 Å². The summed E-state index contributed by atoms with van der Waals surface area (Å²) in [6.07, 6.45) is 1.17. The molecule has 74 valence electrons. The molecular weight excluding hydrogens is 173 g/mol. The second kappa shape index (κ2) is 2.94. The van der Waals surface area contributed by atoms with Gasteiger partial charge < -0.3 is 10.1 Å². The van der Waals surface area contributed by atoms with Crippen molar-refractivity contribution in [1.82, 2.24) is 5.32 Å². The van der Waals surface area contributed by atoms with Crippen LogP contribution in [-0.2, 0) is 9.53 Å². The maximum Gasteiger partial charge on any atom is 0.260 e. The number of nitrogens with one attached hydrogen (secondary N) is 1. The van der Waals surface area contributed by atoms with Gasteiger partial charge in [0.15, 0.2) is 0 Å². The molecule has 2 aliphatic rings. The Morgan fingerprint density at radius 2 is 2.38 bits per heavy atom. The Kier molecular flexibility index (Phi) is 2.02. The number of ether oxygens (including phenoxy) is 1. The van der Waals surface area contributed by atoms with Crippen molar-refractivity contribution in [3.63, 3.8) is 0 Å². The van der Waals surface area contributed by atoms with Crippen LogP contribution in [0, 0.1) is 5.92 Å². The summed E-state index contributed by atoms with van der Waals surface area (Å²) < 4.78 is 18.6. The van der Waals surface area contributed by atoms with Crippen molar-refractivity contribution in [3.8, 4) is 0 Å². The number of rotatable bonds is 2. The van der Waals surface area contributed by atoms with E-state index in [9.17, 15) is 9.18 Å². The van der Waals surface area contributed by atoms with E-state index in [4.69, 9.17) is 4.74 Å². The monoisotopic (exact) mass is 187 g/mol. The molecule has 1 amide bonds. The van der Waals surface area contributed by atoms with Crippen LogP contribution in [0.1, 0.15) is 19.8 Å². The minimum Gasteiger partial charge on any atom is -0.377 e. The van der Waals surface area contributed by atoms with E-state index < -0.39 is 11.6 Å². The summed E-state index contributed by atoms with van der Waals surface area (Å²) in [6, 6.07) is 0.195. The van der Waals surface area contributed by atoms with E-state index in [1.807, 2.05) is 6.92 Å². The summed E-state index contributed by atoms with van der Waals surface area (Å²) in [5.74, 6) is 0.0224. The smallest absolute Gasteiger partial charge is 0.260 e. The van der Waals surface area contributed by atoms with Crippen LogP contribution in [0.3, 0.4) is 0 Å². The van der Waals surface area contributed by atoms with Gasteiger partial charge in [0.05, 0.1) is 13.2 Å². The summed E-state index contributed by atoms with van der Waals surface area (Å²) in [5.41, 5.74) is -1.76. The highest BCUT2D eigenvalue weighted by molar-refractivity contribution is 5.86. The fraction of sp³-hybridized carbons (Fsp3) is 0.889. The van der Waals surface area contributed by atoms with Gasteiger partial charge in [-0.05, 0) is 12.3 Å². The van der Waals surface area contributed by atoms with Gasteiger partial charge in [0.1, 0.15) is 0 Å². The van der Waals surface area contributed by atoms with Crippen LogP contribution < -0.4 is 5.32 Å². The number of halogens is 1. The highest BCUT2D eigenvalue weighted by Gasteiger charge is 2.45. The van der Waals surface area contributed by atoms with Gasteiger partial charge in [-0.15, -0.1) is 0 Å². The number of carbonyl (C=O) groups excluding carboxylic acids is 1. The molecule has 13 heavy (non-hydrogen) atoms. The van der Waals surface area contributed by atoms with Crippen LogP contribution in [-0.4, -0.2) is 30.8 Å². The topological polar surface area (TPSA) is 38.3 Å². The first-order valence-corrected chi connectivity index (χ1v) is 4.69. The predicted octanol–water partition coefficient (Wildman–Crippen LogP) is 0.640. The maximum absolute atomic E-state index is 13.7. The molecule has 3 nitrogen and oxygen atoms in total. The van der Waals surface area contributed by atoms with Gasteiger partial charge in [-0.1, -0.05) is 6.92 Å². The lowest BCUT2D eigenvalue weighted by Crippen LogP contribution is -2.45. The van der Waals surface area contributed by atoms with Gasteiger partial charge in [0.25, 0.3) is 5.91 Å². The lowest BCUT2D eigenvalue weighted by atomic mass is 10.1. The number of hydrogen-bond donors (Lipinski definition) is 1. The second-order valence-electron chi connectivity index (χ2n) is 4.06. The van der Waals surface area contributed by atoms with E-state index in [1.165, 1.54) is 0 Å². The lowest BCUT2D eigenvalue weighted by Gasteiger charge is -2.16. The molecule has 1 heterocycles. The van der Waals surface area contributed by atoms with Crippen LogP contribution in [0.2, 0.25) is 0 Å². The Hall–Kier alpha value is -0.640. The third kappa shape index (κ3) is 1.68. The summed E-state index contributed by atoms with van der Waals surface area (Å²) >= 11 is 0. The van der Waals surface area contributed by atoms with Crippen molar-refractivity contribution in [2.75, 3.05) is 13.2 Å². The summed E-state index contributed by atoms with van der Waals surface area (Å²) in [6.45, 7) is 2.31. The first-order valence-electron chi connectivity index (χ1n) is 4.69. The molecule has 0 radical (unpaired) electrons. The molecule has 0 bridgehead atoms. The molecule has 3 unspecified atom stereocenters. The van der Waals surface area contributed by atoms with E-state index in [2.05, 4.69) is 5.32 Å². The first kappa shape index (κ1) is 8.94. The SMILES string of the molecule is CC1CC1NC(=O)C1(F)CCOC1. The zero-order valence-electron chi connectivity index (χ0n) is 7.68. The second-order valence-corrected chi connectivity index (χ2v) is 4.06. The van der Waals surface area contributed by atoms with Crippen molar-refractivity contribution in [1.29, 1.82) is 0 Å². The zero-order chi connectivity index (χ0) is 9.47. The van der Waals surface area contributed by atoms with Crippen molar-refractivity contribution in [3.05, 3.63) is 0 Å². The molecule has 2 fully saturated rings. The quantitative estimate of drug-likeness (QED) is 0.689. The molecule has 1 saturated heterocycles. The molecule has 1 saturated carbocycles. The van der Waals surface area contributed by atoms with Gasteiger partial charge in [-0.2, -0.15) is 0 Å². The van der Waals surface area contributed by atoms with Crippen molar-refractivity contribution >= 4 is 5.91 Å². The van der Waals surface area contributed by atoms with Crippen LogP contribution in [0.25, 0.3) is 0 Å². The first-order chi connectivity index (χ1) is 6.12. The Bertz CT molecular complexity index is 226. The van der Waals surface area contributed by atoms with E-state index in [0.29, 0.717) is 12.5 Å². The average molecular weight is 187 g/mol. The summed E-state index contributed by atoms with van der Waals surface area (Å²) in [7, 11) is 0. The summed E-state index contributed by atoms with van der Waals surface area (Å²) in [5, 5.41) is 2.69. The van der Waals surface area contributed by atoms with Gasteiger partial charge >= 0.3 is 0 Å². The minimum atomic E-state index is -1.76. The van der Waals surface area contributed by atoms with Gasteiger partial charge in [-0.25, -0.2) is 4.39 Å². The average Bonchev–Trinajstić information content (AvgIpc) is 2.62. The number of alkyl halides is 1. The molecular formula is C9H14FNO2. The molecule has 0 aromatic heterocycles. The highest BCUT2D eigenvalue weighted by atomic mass is 19.1. The van der Waals surface area contributed by atoms with Gasteiger partial charge in [0, 0.05) is 12.5 Å². The van der Waals surface area contributed by atoms with Gasteiger partial charge in [-0.3, -0.25) is 4.79 Å². The predicted molar refractivity (Wildman–Crippen MR) is 45.0 cm³/mol. The summed E-state index contributed by atoms with van der Waals surface area (Å²) in [4.78, 5) is 11.4. The maximum atomic E-state index is 13.7. The third-order valence-electron chi connectivity index (χ3n) is 2.81. The zero-order valence-corrected chi connectivity index (χ0v) is 7.68. The van der Waals surface area contributed by atoms with Crippen LogP contribution >= 0.6 is 0 Å². The molecule has 2 rings (SSSR count). The fourth-order valence-corrected chi connectivity index (χ4v) is 1.54. The molecule has 0 spiro atoms. The molecule has 0 aromatic carbocycles. The van der Waals surface area contributed by atoms with Crippen LogP contribution in [0.4, 0.5) is 4.39 Å². The standard InChI is InChI=1S/C9H14FNO2/c1-6-4-7(6)11-8(12)9(10)2-3-13-5-9/h6-7H,2-5H2,1H3,(H,11,12).